The van der Waals surface area contributed by atoms with Gasteiger partial charge in [-0.1, -0.05) is 27.7 Å². The fraction of sp³-hybridized carbons (Fsp3) is 0.765. The Morgan fingerprint density at radius 3 is 2.52 bits per heavy atom. The van der Waals surface area contributed by atoms with Crippen molar-refractivity contribution in [2.75, 3.05) is 13.1 Å². The van der Waals surface area contributed by atoms with E-state index < -0.39 is 0 Å². The number of rotatable bonds is 6. The van der Waals surface area contributed by atoms with Crippen molar-refractivity contribution in [2.45, 2.75) is 65.1 Å². The van der Waals surface area contributed by atoms with E-state index in [1.807, 2.05) is 18.5 Å². The second kappa shape index (κ2) is 7.32. The van der Waals surface area contributed by atoms with Crippen LogP contribution in [0.15, 0.2) is 18.5 Å². The first-order valence-corrected chi connectivity index (χ1v) is 8.34. The van der Waals surface area contributed by atoms with Crippen molar-refractivity contribution in [1.82, 2.24) is 20.2 Å². The molecule has 4 heteroatoms. The molecule has 0 bridgehead atoms. The SMILES string of the molecule is CCC1(CC)CNC(CC(C)C)CN1Cc1ncccn1. The number of nitrogens with one attached hydrogen (secondary N) is 1. The van der Waals surface area contributed by atoms with Gasteiger partial charge in [0.1, 0.15) is 5.82 Å². The molecule has 0 aliphatic carbocycles. The summed E-state index contributed by atoms with van der Waals surface area (Å²) < 4.78 is 0. The maximum atomic E-state index is 4.42. The molecule has 21 heavy (non-hydrogen) atoms. The molecule has 1 aliphatic heterocycles. The minimum absolute atomic E-state index is 0.243. The van der Waals surface area contributed by atoms with Crippen molar-refractivity contribution in [2.24, 2.45) is 5.92 Å². The Hall–Kier alpha value is -1.00. The quantitative estimate of drug-likeness (QED) is 0.874. The van der Waals surface area contributed by atoms with Crippen LogP contribution in [0.25, 0.3) is 0 Å². The highest BCUT2D eigenvalue weighted by molar-refractivity contribution is 5.00. The molecule has 1 aromatic rings. The predicted molar refractivity (Wildman–Crippen MR) is 87.0 cm³/mol. The Morgan fingerprint density at radius 1 is 1.29 bits per heavy atom. The molecule has 0 aromatic carbocycles. The van der Waals surface area contributed by atoms with Crippen molar-refractivity contribution in [1.29, 1.82) is 0 Å². The maximum absolute atomic E-state index is 4.42. The van der Waals surface area contributed by atoms with E-state index in [0.717, 1.165) is 44.2 Å². The second-order valence-corrected chi connectivity index (χ2v) is 6.68. The molecule has 0 saturated carbocycles. The minimum atomic E-state index is 0.243. The summed E-state index contributed by atoms with van der Waals surface area (Å²) >= 11 is 0. The van der Waals surface area contributed by atoms with E-state index in [4.69, 9.17) is 0 Å². The van der Waals surface area contributed by atoms with Crippen LogP contribution in [0.3, 0.4) is 0 Å². The lowest BCUT2D eigenvalue weighted by atomic mass is 9.86. The number of hydrogen-bond donors (Lipinski definition) is 1. The van der Waals surface area contributed by atoms with E-state index in [-0.39, 0.29) is 5.54 Å². The van der Waals surface area contributed by atoms with Crippen molar-refractivity contribution in [3.63, 3.8) is 0 Å². The number of hydrogen-bond acceptors (Lipinski definition) is 4. The summed E-state index contributed by atoms with van der Waals surface area (Å²) in [5.74, 6) is 1.67. The highest BCUT2D eigenvalue weighted by Crippen LogP contribution is 2.29. The van der Waals surface area contributed by atoms with E-state index in [1.165, 1.54) is 6.42 Å². The Kier molecular flexibility index (Phi) is 5.71. The summed E-state index contributed by atoms with van der Waals surface area (Å²) in [7, 11) is 0. The molecule has 0 radical (unpaired) electrons. The largest absolute Gasteiger partial charge is 0.311 e. The van der Waals surface area contributed by atoms with Gasteiger partial charge in [0.25, 0.3) is 0 Å². The molecule has 1 aromatic heterocycles. The summed E-state index contributed by atoms with van der Waals surface area (Å²) in [6, 6.07) is 2.47. The van der Waals surface area contributed by atoms with E-state index in [1.54, 1.807) is 0 Å². The average molecular weight is 290 g/mol. The van der Waals surface area contributed by atoms with Crippen LogP contribution in [-0.4, -0.2) is 39.5 Å². The predicted octanol–water partition coefficient (Wildman–Crippen LogP) is 2.86. The Labute approximate surface area is 129 Å². The van der Waals surface area contributed by atoms with Gasteiger partial charge in [-0.25, -0.2) is 9.97 Å². The average Bonchev–Trinajstić information content (AvgIpc) is 2.49. The number of aromatic nitrogens is 2. The molecule has 1 fully saturated rings. The molecule has 2 rings (SSSR count). The Balaban J connectivity index is 2.13. The highest BCUT2D eigenvalue weighted by atomic mass is 15.3. The van der Waals surface area contributed by atoms with Gasteiger partial charge in [-0.2, -0.15) is 0 Å². The molecule has 1 saturated heterocycles. The summed E-state index contributed by atoms with van der Waals surface area (Å²) in [6.45, 7) is 12.2. The van der Waals surface area contributed by atoms with Gasteiger partial charge in [-0.05, 0) is 31.2 Å². The van der Waals surface area contributed by atoms with E-state index in [2.05, 4.69) is 47.9 Å². The fourth-order valence-corrected chi connectivity index (χ4v) is 3.46. The van der Waals surface area contributed by atoms with Crippen LogP contribution in [-0.2, 0) is 6.54 Å². The lowest BCUT2D eigenvalue weighted by Gasteiger charge is -2.49. The van der Waals surface area contributed by atoms with Crippen molar-refractivity contribution in [3.8, 4) is 0 Å². The molecular weight excluding hydrogens is 260 g/mol. The molecule has 1 unspecified atom stereocenters. The van der Waals surface area contributed by atoms with Gasteiger partial charge in [0, 0.05) is 37.1 Å². The smallest absolute Gasteiger partial charge is 0.142 e. The summed E-state index contributed by atoms with van der Waals surface area (Å²) in [5, 5.41) is 3.78. The van der Waals surface area contributed by atoms with Gasteiger partial charge < -0.3 is 5.32 Å². The number of nitrogens with zero attached hydrogens (tertiary/aromatic N) is 3. The standard InChI is InChI=1S/C17H30N4/c1-5-17(6-2)13-20-15(10-14(3)4)11-21(17)12-16-18-8-7-9-19-16/h7-9,14-15,20H,5-6,10-13H2,1-4H3. The van der Waals surface area contributed by atoms with Gasteiger partial charge >= 0.3 is 0 Å². The molecule has 0 amide bonds. The van der Waals surface area contributed by atoms with Crippen molar-refractivity contribution >= 4 is 0 Å². The van der Waals surface area contributed by atoms with E-state index in [0.29, 0.717) is 6.04 Å². The van der Waals surface area contributed by atoms with Crippen LogP contribution in [0, 0.1) is 5.92 Å². The lowest BCUT2D eigenvalue weighted by Crippen LogP contribution is -2.64. The molecule has 118 valence electrons. The Bertz CT molecular complexity index is 414. The van der Waals surface area contributed by atoms with Gasteiger partial charge in [-0.3, -0.25) is 4.90 Å². The molecule has 2 heterocycles. The first-order valence-electron chi connectivity index (χ1n) is 8.34. The zero-order chi connectivity index (χ0) is 15.3. The highest BCUT2D eigenvalue weighted by Gasteiger charge is 2.39. The molecule has 1 N–H and O–H groups in total. The van der Waals surface area contributed by atoms with Crippen LogP contribution in [0.2, 0.25) is 0 Å². The van der Waals surface area contributed by atoms with Crippen LogP contribution in [0.1, 0.15) is 52.8 Å². The number of piperazine rings is 1. The molecule has 1 aliphatic rings. The third-order valence-corrected chi connectivity index (χ3v) is 4.86. The molecule has 1 atom stereocenters. The zero-order valence-electron chi connectivity index (χ0n) is 14.0. The molecule has 0 spiro atoms. The van der Waals surface area contributed by atoms with Crippen molar-refractivity contribution in [3.05, 3.63) is 24.3 Å². The van der Waals surface area contributed by atoms with Crippen LogP contribution >= 0.6 is 0 Å². The third kappa shape index (κ3) is 4.01. The van der Waals surface area contributed by atoms with Gasteiger partial charge in [0.15, 0.2) is 0 Å². The maximum Gasteiger partial charge on any atom is 0.142 e. The monoisotopic (exact) mass is 290 g/mol. The zero-order valence-corrected chi connectivity index (χ0v) is 14.0. The first kappa shape index (κ1) is 16.4. The van der Waals surface area contributed by atoms with Crippen LogP contribution in [0.4, 0.5) is 0 Å². The minimum Gasteiger partial charge on any atom is -0.311 e. The Morgan fingerprint density at radius 2 is 1.95 bits per heavy atom. The lowest BCUT2D eigenvalue weighted by molar-refractivity contribution is 0.0186. The topological polar surface area (TPSA) is 41.0 Å². The fourth-order valence-electron chi connectivity index (χ4n) is 3.46. The molecular formula is C17H30N4. The van der Waals surface area contributed by atoms with Gasteiger partial charge in [-0.15, -0.1) is 0 Å². The summed E-state index contributed by atoms with van der Waals surface area (Å²) in [5.41, 5.74) is 0.243. The van der Waals surface area contributed by atoms with E-state index in [9.17, 15) is 0 Å². The van der Waals surface area contributed by atoms with Gasteiger partial charge in [0.05, 0.1) is 6.54 Å². The van der Waals surface area contributed by atoms with Gasteiger partial charge in [0.2, 0.25) is 0 Å². The summed E-state index contributed by atoms with van der Waals surface area (Å²) in [6.07, 6.45) is 7.25. The van der Waals surface area contributed by atoms with Crippen LogP contribution in [0.5, 0.6) is 0 Å². The molecule has 4 nitrogen and oxygen atoms in total. The first-order chi connectivity index (χ1) is 10.1. The van der Waals surface area contributed by atoms with E-state index >= 15 is 0 Å². The van der Waals surface area contributed by atoms with Crippen molar-refractivity contribution < 1.29 is 0 Å². The third-order valence-electron chi connectivity index (χ3n) is 4.86. The second-order valence-electron chi connectivity index (χ2n) is 6.68. The summed E-state index contributed by atoms with van der Waals surface area (Å²) in [4.78, 5) is 11.5. The van der Waals surface area contributed by atoms with Crippen LogP contribution < -0.4 is 5.32 Å². The normalized spacial score (nSPS) is 22.6.